The van der Waals surface area contributed by atoms with Gasteiger partial charge < -0.3 is 0 Å². The average molecular weight is 539 g/mol. The van der Waals surface area contributed by atoms with E-state index >= 15 is 0 Å². The van der Waals surface area contributed by atoms with Crippen LogP contribution in [0.1, 0.15) is 43.6 Å². The molecule has 0 saturated heterocycles. The molecule has 0 aliphatic rings. The van der Waals surface area contributed by atoms with Crippen molar-refractivity contribution < 1.29 is 4.79 Å². The van der Waals surface area contributed by atoms with E-state index in [4.69, 9.17) is 0 Å². The zero-order valence-electron chi connectivity index (χ0n) is 20.8. The lowest BCUT2D eigenvalue weighted by molar-refractivity contribution is -0.115. The molecule has 36 heavy (non-hydrogen) atoms. The number of amides is 1. The number of rotatable bonds is 11. The topological polar surface area (TPSA) is 85.6 Å². The Balaban J connectivity index is 1.51. The van der Waals surface area contributed by atoms with Gasteiger partial charge in [0.2, 0.25) is 11.0 Å². The fourth-order valence-corrected chi connectivity index (χ4v) is 6.22. The van der Waals surface area contributed by atoms with Crippen molar-refractivity contribution in [3.63, 3.8) is 0 Å². The van der Waals surface area contributed by atoms with Crippen molar-refractivity contribution in [1.82, 2.24) is 25.0 Å². The number of aryl methyl sites for hydroxylation is 1. The van der Waals surface area contributed by atoms with Crippen LogP contribution < -0.4 is 5.32 Å². The predicted molar refractivity (Wildman–Crippen MR) is 149 cm³/mol. The lowest BCUT2D eigenvalue weighted by Gasteiger charge is -2.15. The summed E-state index contributed by atoms with van der Waals surface area (Å²) in [4.78, 5) is 14.3. The summed E-state index contributed by atoms with van der Waals surface area (Å²) in [5, 5.41) is 22.1. The van der Waals surface area contributed by atoms with Gasteiger partial charge in [0, 0.05) is 17.0 Å². The lowest BCUT2D eigenvalue weighted by atomic mass is 10.1. The summed E-state index contributed by atoms with van der Waals surface area (Å²) in [6.07, 6.45) is 1.49. The predicted octanol–water partition coefficient (Wildman–Crippen LogP) is 6.43. The van der Waals surface area contributed by atoms with Gasteiger partial charge in [0.15, 0.2) is 5.16 Å². The molecule has 4 aromatic rings. The number of benzene rings is 2. The smallest absolute Gasteiger partial charge is 0.239 e. The summed E-state index contributed by atoms with van der Waals surface area (Å²) in [5.41, 5.74) is 2.21. The van der Waals surface area contributed by atoms with Gasteiger partial charge in [-0.15, -0.1) is 32.2 Å². The number of anilines is 1. The molecule has 0 saturated carbocycles. The number of carbonyl (C=O) groups is 1. The molecule has 0 aliphatic carbocycles. The Morgan fingerprint density at radius 3 is 2.47 bits per heavy atom. The van der Waals surface area contributed by atoms with Gasteiger partial charge >= 0.3 is 0 Å². The summed E-state index contributed by atoms with van der Waals surface area (Å²) in [6.45, 7) is 8.36. The van der Waals surface area contributed by atoms with E-state index in [2.05, 4.69) is 70.7 Å². The maximum atomic E-state index is 13.1. The SMILES string of the molecule is CCC(Sc1nnc(CSc2ccc(C)cc2)n1-c1ccccc1)C(=O)Nc1nnc(CC(C)C)s1. The fourth-order valence-electron chi connectivity index (χ4n) is 3.46. The van der Waals surface area contributed by atoms with Crippen molar-refractivity contribution >= 4 is 45.9 Å². The number of para-hydroxylation sites is 1. The molecule has 0 fully saturated rings. The summed E-state index contributed by atoms with van der Waals surface area (Å²) < 4.78 is 2.05. The molecular weight excluding hydrogens is 509 g/mol. The minimum atomic E-state index is -0.341. The summed E-state index contributed by atoms with van der Waals surface area (Å²) >= 11 is 4.58. The second-order valence-electron chi connectivity index (χ2n) is 8.77. The molecule has 1 amide bonds. The molecule has 1 unspecified atom stereocenters. The Bertz CT molecular complexity index is 1270. The number of carbonyl (C=O) groups excluding carboxylic acids is 1. The van der Waals surface area contributed by atoms with Crippen LogP contribution in [0.25, 0.3) is 5.69 Å². The van der Waals surface area contributed by atoms with Gasteiger partial charge in [-0.2, -0.15) is 0 Å². The van der Waals surface area contributed by atoms with Gasteiger partial charge in [-0.25, -0.2) is 0 Å². The third-order valence-corrected chi connectivity index (χ3v) is 8.47. The Labute approximate surface area is 224 Å². The van der Waals surface area contributed by atoms with E-state index in [1.54, 1.807) is 11.8 Å². The molecular formula is C26H30N6OS3. The third kappa shape index (κ3) is 6.96. The van der Waals surface area contributed by atoms with Gasteiger partial charge in [-0.05, 0) is 43.5 Å². The highest BCUT2D eigenvalue weighted by atomic mass is 32.2. The molecule has 2 heterocycles. The van der Waals surface area contributed by atoms with Crippen LogP contribution in [0.15, 0.2) is 64.6 Å². The zero-order chi connectivity index (χ0) is 25.5. The lowest BCUT2D eigenvalue weighted by Crippen LogP contribution is -2.25. The van der Waals surface area contributed by atoms with Crippen LogP contribution >= 0.6 is 34.9 Å². The Hall–Kier alpha value is -2.69. The Kier molecular flexibility index (Phi) is 9.17. The van der Waals surface area contributed by atoms with Crippen molar-refractivity contribution in [2.75, 3.05) is 5.32 Å². The summed E-state index contributed by atoms with van der Waals surface area (Å²) in [6, 6.07) is 18.5. The molecule has 188 valence electrons. The largest absolute Gasteiger partial charge is 0.300 e. The molecule has 0 aliphatic heterocycles. The molecule has 0 bridgehead atoms. The van der Waals surface area contributed by atoms with Crippen LogP contribution in [0.3, 0.4) is 0 Å². The highest BCUT2D eigenvalue weighted by molar-refractivity contribution is 8.00. The first kappa shape index (κ1) is 26.4. The number of hydrogen-bond acceptors (Lipinski definition) is 8. The molecule has 1 N–H and O–H groups in total. The van der Waals surface area contributed by atoms with E-state index in [9.17, 15) is 4.79 Å². The normalized spacial score (nSPS) is 12.1. The van der Waals surface area contributed by atoms with Crippen LogP contribution in [0.4, 0.5) is 5.13 Å². The van der Waals surface area contributed by atoms with Crippen LogP contribution in [0, 0.1) is 12.8 Å². The molecule has 7 nitrogen and oxygen atoms in total. The van der Waals surface area contributed by atoms with E-state index in [0.717, 1.165) is 22.9 Å². The van der Waals surface area contributed by atoms with Crippen LogP contribution in [-0.4, -0.2) is 36.1 Å². The monoisotopic (exact) mass is 538 g/mol. The first-order valence-electron chi connectivity index (χ1n) is 11.9. The zero-order valence-corrected chi connectivity index (χ0v) is 23.3. The number of aromatic nitrogens is 5. The molecule has 2 aromatic heterocycles. The maximum Gasteiger partial charge on any atom is 0.239 e. The van der Waals surface area contributed by atoms with Crippen molar-refractivity contribution in [2.45, 2.75) is 61.6 Å². The Morgan fingerprint density at radius 1 is 1.03 bits per heavy atom. The highest BCUT2D eigenvalue weighted by Gasteiger charge is 2.24. The van der Waals surface area contributed by atoms with Crippen molar-refractivity contribution in [3.05, 3.63) is 71.0 Å². The minimum absolute atomic E-state index is 0.104. The standard InChI is InChI=1S/C26H30N6OS3/c1-5-21(24(33)27-25-30-29-23(36-25)15-17(2)3)35-26-31-28-22(32(26)19-9-7-6-8-10-19)16-34-20-13-11-18(4)12-14-20/h6-14,17,21H,5,15-16H2,1-4H3,(H,27,30,33). The van der Waals surface area contributed by atoms with Crippen molar-refractivity contribution in [3.8, 4) is 5.69 Å². The third-order valence-electron chi connectivity index (χ3n) is 5.29. The molecule has 2 aromatic carbocycles. The van der Waals surface area contributed by atoms with Gasteiger partial charge in [0.1, 0.15) is 10.8 Å². The summed E-state index contributed by atoms with van der Waals surface area (Å²) in [7, 11) is 0. The second kappa shape index (κ2) is 12.5. The average Bonchev–Trinajstić information content (AvgIpc) is 3.48. The highest BCUT2D eigenvalue weighted by Crippen LogP contribution is 2.31. The van der Waals surface area contributed by atoms with Crippen LogP contribution in [0.2, 0.25) is 0 Å². The fraction of sp³-hybridized carbons (Fsp3) is 0.346. The van der Waals surface area contributed by atoms with Crippen LogP contribution in [-0.2, 0) is 17.0 Å². The molecule has 10 heteroatoms. The molecule has 0 spiro atoms. The van der Waals surface area contributed by atoms with Gasteiger partial charge in [-0.1, -0.05) is 79.8 Å². The van der Waals surface area contributed by atoms with E-state index in [1.807, 2.05) is 41.8 Å². The van der Waals surface area contributed by atoms with E-state index in [0.29, 0.717) is 28.4 Å². The maximum absolute atomic E-state index is 13.1. The summed E-state index contributed by atoms with van der Waals surface area (Å²) in [5.74, 6) is 1.89. The van der Waals surface area contributed by atoms with Gasteiger partial charge in [0.05, 0.1) is 11.0 Å². The minimum Gasteiger partial charge on any atom is -0.300 e. The number of thioether (sulfide) groups is 2. The van der Waals surface area contributed by atoms with Gasteiger partial charge in [-0.3, -0.25) is 14.7 Å². The van der Waals surface area contributed by atoms with E-state index < -0.39 is 0 Å². The van der Waals surface area contributed by atoms with Gasteiger partial charge in [0.25, 0.3) is 0 Å². The second-order valence-corrected chi connectivity index (χ2v) is 12.1. The number of nitrogens with zero attached hydrogens (tertiary/aromatic N) is 5. The molecule has 0 radical (unpaired) electrons. The first-order valence-corrected chi connectivity index (χ1v) is 14.6. The van der Waals surface area contributed by atoms with E-state index in [1.165, 1.54) is 33.6 Å². The number of nitrogens with one attached hydrogen (secondary N) is 1. The van der Waals surface area contributed by atoms with Crippen molar-refractivity contribution in [1.29, 1.82) is 0 Å². The van der Waals surface area contributed by atoms with Crippen molar-refractivity contribution in [2.24, 2.45) is 5.92 Å². The van der Waals surface area contributed by atoms with E-state index in [-0.39, 0.29) is 11.2 Å². The Morgan fingerprint density at radius 2 is 1.78 bits per heavy atom. The molecule has 4 rings (SSSR count). The molecule has 1 atom stereocenters. The van der Waals surface area contributed by atoms with Crippen LogP contribution in [0.5, 0.6) is 0 Å². The number of hydrogen-bond donors (Lipinski definition) is 1. The quantitative estimate of drug-likeness (QED) is 0.220. The first-order chi connectivity index (χ1) is 17.4.